The number of hydrogen-bond acceptors (Lipinski definition) is 8. The molecule has 0 bridgehead atoms. The van der Waals surface area contributed by atoms with E-state index in [1.54, 1.807) is 20.4 Å². The van der Waals surface area contributed by atoms with E-state index in [0.717, 1.165) is 41.3 Å². The highest BCUT2D eigenvalue weighted by molar-refractivity contribution is 7.99. The number of nitrogens with one attached hydrogen (secondary N) is 3. The van der Waals surface area contributed by atoms with Gasteiger partial charge >= 0.3 is 0 Å². The molecule has 0 spiro atoms. The fourth-order valence-electron chi connectivity index (χ4n) is 3.66. The molecule has 0 saturated carbocycles. The molecular formula is C20H30N6O2S. The van der Waals surface area contributed by atoms with Crippen LogP contribution < -0.4 is 10.2 Å². The summed E-state index contributed by atoms with van der Waals surface area (Å²) in [5.74, 6) is 4.12. The predicted molar refractivity (Wildman–Crippen MR) is 119 cm³/mol. The minimum atomic E-state index is -0.427. The first-order valence-electron chi connectivity index (χ1n) is 9.72. The van der Waals surface area contributed by atoms with Gasteiger partial charge in [0.05, 0.1) is 18.2 Å². The molecule has 0 radical (unpaired) electrons. The summed E-state index contributed by atoms with van der Waals surface area (Å²) < 4.78 is 11.4. The van der Waals surface area contributed by atoms with E-state index in [1.807, 2.05) is 24.9 Å². The van der Waals surface area contributed by atoms with Crippen LogP contribution in [0.25, 0.3) is 0 Å². The van der Waals surface area contributed by atoms with Gasteiger partial charge in [0, 0.05) is 45.3 Å². The Morgan fingerprint density at radius 2 is 2.17 bits per heavy atom. The van der Waals surface area contributed by atoms with Gasteiger partial charge in [-0.05, 0) is 42.9 Å². The Morgan fingerprint density at radius 1 is 1.41 bits per heavy atom. The molecule has 0 aliphatic carbocycles. The Labute approximate surface area is 176 Å². The zero-order valence-corrected chi connectivity index (χ0v) is 18.3. The smallest absolute Gasteiger partial charge is 0.153 e. The third-order valence-electron chi connectivity index (χ3n) is 5.55. The molecule has 3 rings (SSSR count). The van der Waals surface area contributed by atoms with E-state index in [4.69, 9.17) is 19.9 Å². The van der Waals surface area contributed by atoms with Crippen molar-refractivity contribution in [3.05, 3.63) is 29.5 Å². The van der Waals surface area contributed by atoms with Gasteiger partial charge in [-0.25, -0.2) is 4.98 Å². The third-order valence-corrected chi connectivity index (χ3v) is 6.53. The summed E-state index contributed by atoms with van der Waals surface area (Å²) in [6.45, 7) is 2.69. The average Bonchev–Trinajstić information content (AvgIpc) is 3.26. The van der Waals surface area contributed by atoms with Crippen LogP contribution in [-0.4, -0.2) is 66.8 Å². The van der Waals surface area contributed by atoms with E-state index in [2.05, 4.69) is 33.4 Å². The van der Waals surface area contributed by atoms with E-state index in [1.165, 1.54) is 6.21 Å². The lowest BCUT2D eigenvalue weighted by Gasteiger charge is -2.38. The highest BCUT2D eigenvalue weighted by Crippen LogP contribution is 2.42. The van der Waals surface area contributed by atoms with Crippen molar-refractivity contribution in [3.63, 3.8) is 0 Å². The lowest BCUT2D eigenvalue weighted by molar-refractivity contribution is -0.0220. The molecule has 0 unspecified atom stereocenters. The molecule has 1 aliphatic rings. The third kappa shape index (κ3) is 4.57. The number of aromatic nitrogens is 3. The number of rotatable bonds is 9. The van der Waals surface area contributed by atoms with Gasteiger partial charge in [0.1, 0.15) is 11.6 Å². The number of methoxy groups -OCH3 is 2. The Morgan fingerprint density at radius 3 is 2.76 bits per heavy atom. The lowest BCUT2D eigenvalue weighted by atomic mass is 9.85. The summed E-state index contributed by atoms with van der Waals surface area (Å²) in [5.41, 5.74) is 1.30. The summed E-state index contributed by atoms with van der Waals surface area (Å²) in [7, 11) is 5.47. The van der Waals surface area contributed by atoms with Crippen molar-refractivity contribution in [1.82, 2.24) is 15.2 Å². The van der Waals surface area contributed by atoms with E-state index in [-0.39, 0.29) is 6.04 Å². The maximum Gasteiger partial charge on any atom is 0.153 e. The van der Waals surface area contributed by atoms with Crippen LogP contribution in [0.5, 0.6) is 0 Å². The fraction of sp³-hybridized carbons (Fsp3) is 0.550. The van der Waals surface area contributed by atoms with Gasteiger partial charge in [0.15, 0.2) is 5.82 Å². The maximum atomic E-state index is 8.14. The van der Waals surface area contributed by atoms with Crippen molar-refractivity contribution in [2.75, 3.05) is 49.6 Å². The maximum absolute atomic E-state index is 8.14. The number of likely N-dealkylation sites (N-methyl/N-ethyl adjacent to an activating group) is 1. The number of hydrogen-bond donors (Lipinski definition) is 3. The molecule has 29 heavy (non-hydrogen) atoms. The molecule has 3 N–H and O–H groups in total. The second-order valence-electron chi connectivity index (χ2n) is 7.25. The first-order chi connectivity index (χ1) is 14.0. The van der Waals surface area contributed by atoms with Crippen LogP contribution in [0.1, 0.15) is 30.9 Å². The molecule has 3 heterocycles. The second kappa shape index (κ2) is 9.60. The summed E-state index contributed by atoms with van der Waals surface area (Å²) in [6.07, 6.45) is 4.91. The van der Waals surface area contributed by atoms with E-state index >= 15 is 0 Å². The van der Waals surface area contributed by atoms with Crippen molar-refractivity contribution in [2.45, 2.75) is 31.4 Å². The SMILES string of the molecule is COC[C@@H](C)N(C)c1cc(C2(OC)CCSCC2)c(C=N)c(Nc2cc[nH]n2)n1. The van der Waals surface area contributed by atoms with E-state index in [0.29, 0.717) is 18.2 Å². The largest absolute Gasteiger partial charge is 0.383 e. The van der Waals surface area contributed by atoms with Gasteiger partial charge in [-0.3, -0.25) is 5.10 Å². The number of H-pyrrole nitrogens is 1. The van der Waals surface area contributed by atoms with Crippen LogP contribution in [0, 0.1) is 5.41 Å². The van der Waals surface area contributed by atoms with Crippen LogP contribution in [0.4, 0.5) is 17.5 Å². The van der Waals surface area contributed by atoms with Gasteiger partial charge in [-0.15, -0.1) is 0 Å². The molecular weight excluding hydrogens is 388 g/mol. The first kappa shape index (κ1) is 21.6. The minimum absolute atomic E-state index is 0.143. The quantitative estimate of drug-likeness (QED) is 0.537. The molecule has 0 aromatic carbocycles. The minimum Gasteiger partial charge on any atom is -0.383 e. The van der Waals surface area contributed by atoms with Crippen LogP contribution in [-0.2, 0) is 15.1 Å². The second-order valence-corrected chi connectivity index (χ2v) is 8.47. The normalized spacial score (nSPS) is 17.0. The van der Waals surface area contributed by atoms with Gasteiger partial charge in [0.2, 0.25) is 0 Å². The van der Waals surface area contributed by atoms with Crippen molar-refractivity contribution in [1.29, 1.82) is 5.41 Å². The number of ether oxygens (including phenoxy) is 2. The molecule has 1 saturated heterocycles. The Balaban J connectivity index is 2.13. The van der Waals surface area contributed by atoms with Crippen molar-refractivity contribution >= 4 is 35.4 Å². The van der Waals surface area contributed by atoms with E-state index in [9.17, 15) is 0 Å². The van der Waals surface area contributed by atoms with Crippen LogP contribution in [0.3, 0.4) is 0 Å². The van der Waals surface area contributed by atoms with Crippen LogP contribution in [0.2, 0.25) is 0 Å². The monoisotopic (exact) mass is 418 g/mol. The number of nitrogens with zero attached hydrogens (tertiary/aromatic N) is 3. The van der Waals surface area contributed by atoms with Gasteiger partial charge < -0.3 is 25.1 Å². The molecule has 1 aliphatic heterocycles. The average molecular weight is 419 g/mol. The standard InChI is InChI=1S/C20H30N6O2S/c1-14(13-27-3)26(2)18-11-16(20(28-4)6-9-29-10-7-20)15(12-21)19(24-18)23-17-5-8-22-25-17/h5,8,11-12,14,21H,6-7,9-10,13H2,1-4H3,(H2,22,23,24,25)/t14-/m1/s1. The predicted octanol–water partition coefficient (Wildman–Crippen LogP) is 3.39. The molecule has 1 atom stereocenters. The first-order valence-corrected chi connectivity index (χ1v) is 10.9. The van der Waals surface area contributed by atoms with Crippen LogP contribution in [0.15, 0.2) is 18.3 Å². The Kier molecular flexibility index (Phi) is 7.15. The Hall–Kier alpha value is -2.10. The molecule has 0 amide bonds. The highest BCUT2D eigenvalue weighted by atomic mass is 32.2. The number of pyridine rings is 1. The molecule has 2 aromatic rings. The molecule has 158 valence electrons. The van der Waals surface area contributed by atoms with Gasteiger partial charge in [-0.1, -0.05) is 0 Å². The van der Waals surface area contributed by atoms with Crippen molar-refractivity contribution in [2.24, 2.45) is 0 Å². The van der Waals surface area contributed by atoms with Crippen LogP contribution >= 0.6 is 11.8 Å². The molecule has 2 aromatic heterocycles. The lowest BCUT2D eigenvalue weighted by Crippen LogP contribution is -2.36. The number of anilines is 3. The summed E-state index contributed by atoms with van der Waals surface area (Å²) in [6, 6.07) is 4.05. The zero-order valence-electron chi connectivity index (χ0n) is 17.5. The molecule has 1 fully saturated rings. The van der Waals surface area contributed by atoms with Crippen molar-refractivity contribution < 1.29 is 9.47 Å². The fourth-order valence-corrected chi connectivity index (χ4v) is 4.81. The summed E-state index contributed by atoms with van der Waals surface area (Å²) >= 11 is 1.94. The topological polar surface area (TPSA) is 99.2 Å². The number of thioether (sulfide) groups is 1. The van der Waals surface area contributed by atoms with Gasteiger partial charge in [-0.2, -0.15) is 16.9 Å². The molecule has 8 nitrogen and oxygen atoms in total. The Bertz CT molecular complexity index is 808. The van der Waals surface area contributed by atoms with Gasteiger partial charge in [0.25, 0.3) is 0 Å². The van der Waals surface area contributed by atoms with Crippen molar-refractivity contribution in [3.8, 4) is 0 Å². The molecule has 9 heteroatoms. The van der Waals surface area contributed by atoms with E-state index < -0.39 is 5.60 Å². The zero-order chi connectivity index (χ0) is 20.9. The number of aromatic amines is 1. The summed E-state index contributed by atoms with van der Waals surface area (Å²) in [5, 5.41) is 18.4. The summed E-state index contributed by atoms with van der Waals surface area (Å²) in [4.78, 5) is 6.93. The highest BCUT2D eigenvalue weighted by Gasteiger charge is 2.37.